The first-order chi connectivity index (χ1) is 28.3. The minimum Gasteiger partial charge on any atom is -0.309 e. The Morgan fingerprint density at radius 3 is 1.32 bits per heavy atom. The van der Waals surface area contributed by atoms with Crippen LogP contribution in [0, 0.1) is 0 Å². The van der Waals surface area contributed by atoms with Gasteiger partial charge in [0, 0.05) is 33.1 Å². The molecule has 0 radical (unpaired) electrons. The first-order valence-electron chi connectivity index (χ1n) is 19.7. The first-order valence-corrected chi connectivity index (χ1v) is 19.7. The van der Waals surface area contributed by atoms with Crippen LogP contribution in [0.25, 0.3) is 101 Å². The van der Waals surface area contributed by atoms with E-state index in [9.17, 15) is 0 Å². The highest BCUT2D eigenvalue weighted by molar-refractivity contribution is 6.11. The number of nitrogens with zero attached hydrogens (tertiary/aromatic N) is 2. The number of para-hydroxylation sites is 1. The quantitative estimate of drug-likeness (QED) is 0.161. The lowest BCUT2D eigenvalue weighted by Crippen LogP contribution is -1.97. The van der Waals surface area contributed by atoms with Gasteiger partial charge in [-0.25, -0.2) is 0 Å². The number of hydrogen-bond acceptors (Lipinski definition) is 0. The van der Waals surface area contributed by atoms with Gasteiger partial charge >= 0.3 is 0 Å². The third kappa shape index (κ3) is 5.73. The maximum atomic E-state index is 2.42. The monoisotopic (exact) mass is 726 g/mol. The molecule has 2 nitrogen and oxygen atoms in total. The molecule has 2 aromatic heterocycles. The van der Waals surface area contributed by atoms with Crippen molar-refractivity contribution in [3.05, 3.63) is 218 Å². The molecule has 2 heterocycles. The van der Waals surface area contributed by atoms with E-state index in [-0.39, 0.29) is 0 Å². The molecule has 0 N–H and O–H groups in total. The predicted octanol–water partition coefficient (Wildman–Crippen LogP) is 14.8. The molecule has 0 saturated carbocycles. The lowest BCUT2D eigenvalue weighted by atomic mass is 10.00. The number of benzene rings is 8. The van der Waals surface area contributed by atoms with Crippen LogP contribution in [0.3, 0.4) is 0 Å². The average molecular weight is 727 g/mol. The van der Waals surface area contributed by atoms with Gasteiger partial charge in [-0.15, -0.1) is 0 Å². The molecular formula is C55H38N2. The van der Waals surface area contributed by atoms with Gasteiger partial charge in [-0.2, -0.15) is 0 Å². The van der Waals surface area contributed by atoms with Crippen LogP contribution < -0.4 is 0 Å². The highest BCUT2D eigenvalue weighted by Crippen LogP contribution is 2.39. The molecule has 0 amide bonds. The summed E-state index contributed by atoms with van der Waals surface area (Å²) >= 11 is 0. The molecule has 0 atom stereocenters. The van der Waals surface area contributed by atoms with Crippen LogP contribution in [-0.4, -0.2) is 9.13 Å². The highest BCUT2D eigenvalue weighted by Gasteiger charge is 2.19. The van der Waals surface area contributed by atoms with Crippen molar-refractivity contribution in [1.82, 2.24) is 9.13 Å². The fourth-order valence-electron chi connectivity index (χ4n) is 8.73. The number of fused-ring (bicyclic) bond motifs is 6. The van der Waals surface area contributed by atoms with Gasteiger partial charge in [0.15, 0.2) is 0 Å². The molecule has 10 aromatic rings. The molecule has 0 fully saturated rings. The Morgan fingerprint density at radius 1 is 0.298 bits per heavy atom. The second-order valence-corrected chi connectivity index (χ2v) is 14.9. The van der Waals surface area contributed by atoms with Gasteiger partial charge in [-0.05, 0) is 112 Å². The van der Waals surface area contributed by atoms with Crippen molar-refractivity contribution in [3.8, 4) is 55.9 Å². The number of rotatable bonds is 6. The lowest BCUT2D eigenvalue weighted by molar-refractivity contribution is 1.11. The summed E-state index contributed by atoms with van der Waals surface area (Å²) in [5.41, 5.74) is 18.2. The first kappa shape index (κ1) is 33.0. The van der Waals surface area contributed by atoms with E-state index < -0.39 is 0 Å². The minimum absolute atomic E-state index is 0.920. The molecule has 268 valence electrons. The molecule has 0 spiro atoms. The van der Waals surface area contributed by atoms with Crippen molar-refractivity contribution >= 4 is 44.9 Å². The molecule has 0 aliphatic heterocycles. The zero-order valence-electron chi connectivity index (χ0n) is 31.4. The third-order valence-electron chi connectivity index (χ3n) is 11.6. The minimum atomic E-state index is 0.920. The van der Waals surface area contributed by atoms with Crippen LogP contribution in [0.1, 0.15) is 17.7 Å². The van der Waals surface area contributed by atoms with Gasteiger partial charge in [0.25, 0.3) is 0 Å². The van der Waals surface area contributed by atoms with Gasteiger partial charge in [-0.1, -0.05) is 158 Å². The van der Waals surface area contributed by atoms with E-state index >= 15 is 0 Å². The van der Waals surface area contributed by atoms with Crippen molar-refractivity contribution < 1.29 is 0 Å². The van der Waals surface area contributed by atoms with Crippen molar-refractivity contribution in [2.45, 2.75) is 6.42 Å². The summed E-state index contributed by atoms with van der Waals surface area (Å²) in [4.78, 5) is 0. The van der Waals surface area contributed by atoms with E-state index in [1.54, 1.807) is 0 Å². The van der Waals surface area contributed by atoms with E-state index in [1.165, 1.54) is 88.5 Å². The molecule has 57 heavy (non-hydrogen) atoms. The van der Waals surface area contributed by atoms with Crippen LogP contribution in [0.4, 0.5) is 0 Å². The smallest absolute Gasteiger partial charge is 0.0541 e. The maximum absolute atomic E-state index is 2.42. The second kappa shape index (κ2) is 13.7. The molecule has 0 bridgehead atoms. The Morgan fingerprint density at radius 2 is 0.719 bits per heavy atom. The average Bonchev–Trinajstić information content (AvgIpc) is 3.66. The van der Waals surface area contributed by atoms with Gasteiger partial charge in [0.2, 0.25) is 0 Å². The van der Waals surface area contributed by atoms with Crippen LogP contribution in [0.15, 0.2) is 206 Å². The zero-order valence-corrected chi connectivity index (χ0v) is 31.4. The summed E-state index contributed by atoms with van der Waals surface area (Å²) in [6.07, 6.45) is 10.1. The van der Waals surface area contributed by atoms with E-state index in [2.05, 4.69) is 228 Å². The lowest BCUT2D eigenvalue weighted by Gasteiger charge is -2.12. The SMILES string of the molecule is C1=Cc2c(n(-c3ccc(-c4ccc(-c5ccccc5)cc4)cc3)c3ccc(-c4ccc5c(c4)c4ccccc4n5-c4ccc(-c5ccccc5)cc4)cc23)C=CC1. The van der Waals surface area contributed by atoms with E-state index in [1.807, 2.05) is 0 Å². The highest BCUT2D eigenvalue weighted by atomic mass is 15.0. The molecule has 8 aromatic carbocycles. The van der Waals surface area contributed by atoms with Gasteiger partial charge < -0.3 is 9.13 Å². The fourth-order valence-corrected chi connectivity index (χ4v) is 8.73. The van der Waals surface area contributed by atoms with Crippen LogP contribution in [0.5, 0.6) is 0 Å². The molecule has 0 saturated heterocycles. The van der Waals surface area contributed by atoms with E-state index in [0.717, 1.165) is 17.8 Å². The third-order valence-corrected chi connectivity index (χ3v) is 11.6. The van der Waals surface area contributed by atoms with E-state index in [0.29, 0.717) is 0 Å². The standard InChI is InChI=1S/C55H38N2/c1-4-12-38(13-5-1)40-20-22-41(23-21-40)43-26-32-47(33-27-43)56-52-18-9-3-8-16-48(52)50-36-44(28-34-54(50)56)45-29-35-55-51(37-45)49-17-10-11-19-53(49)57(55)46-30-24-42(25-31-46)39-14-6-2-7-15-39/h1-2,4-37H,3H2. The summed E-state index contributed by atoms with van der Waals surface area (Å²) in [5.74, 6) is 0. The van der Waals surface area contributed by atoms with Crippen LogP contribution in [-0.2, 0) is 0 Å². The molecule has 11 rings (SSSR count). The van der Waals surface area contributed by atoms with Crippen molar-refractivity contribution in [3.63, 3.8) is 0 Å². The zero-order chi connectivity index (χ0) is 37.7. The van der Waals surface area contributed by atoms with Gasteiger partial charge in [0.1, 0.15) is 0 Å². The number of hydrogen-bond donors (Lipinski definition) is 0. The largest absolute Gasteiger partial charge is 0.309 e. The normalized spacial score (nSPS) is 12.4. The number of aromatic nitrogens is 2. The molecule has 0 unspecified atom stereocenters. The Bertz CT molecular complexity index is 3140. The Kier molecular flexibility index (Phi) is 7.93. The Labute approximate surface area is 332 Å². The molecular weight excluding hydrogens is 689 g/mol. The van der Waals surface area contributed by atoms with Crippen LogP contribution in [0.2, 0.25) is 0 Å². The Balaban J connectivity index is 0.971. The van der Waals surface area contributed by atoms with Crippen molar-refractivity contribution in [2.75, 3.05) is 0 Å². The van der Waals surface area contributed by atoms with Crippen LogP contribution >= 0.6 is 0 Å². The summed E-state index contributed by atoms with van der Waals surface area (Å²) < 4.78 is 4.82. The topological polar surface area (TPSA) is 9.86 Å². The Hall–Kier alpha value is -7.42. The van der Waals surface area contributed by atoms with E-state index in [4.69, 9.17) is 0 Å². The molecule has 2 heteroatoms. The summed E-state index contributed by atoms with van der Waals surface area (Å²) in [6.45, 7) is 0. The summed E-state index contributed by atoms with van der Waals surface area (Å²) in [6, 6.07) is 70.7. The molecule has 1 aliphatic carbocycles. The molecule has 1 aliphatic rings. The second-order valence-electron chi connectivity index (χ2n) is 14.9. The van der Waals surface area contributed by atoms with Crippen molar-refractivity contribution in [2.24, 2.45) is 0 Å². The summed E-state index contributed by atoms with van der Waals surface area (Å²) in [7, 11) is 0. The maximum Gasteiger partial charge on any atom is 0.0541 e. The fraction of sp³-hybridized carbons (Fsp3) is 0.0182. The van der Waals surface area contributed by atoms with Gasteiger partial charge in [-0.3, -0.25) is 0 Å². The van der Waals surface area contributed by atoms with Gasteiger partial charge in [0.05, 0.1) is 22.2 Å². The number of allylic oxidation sites excluding steroid dienone is 2. The van der Waals surface area contributed by atoms with Crippen molar-refractivity contribution in [1.29, 1.82) is 0 Å². The predicted molar refractivity (Wildman–Crippen MR) is 242 cm³/mol. The summed E-state index contributed by atoms with van der Waals surface area (Å²) in [5, 5.41) is 3.77.